The van der Waals surface area contributed by atoms with Crippen LogP contribution in [-0.4, -0.2) is 30.3 Å². The van der Waals surface area contributed by atoms with E-state index in [1.54, 1.807) is 17.4 Å². The monoisotopic (exact) mass is 199 g/mol. The van der Waals surface area contributed by atoms with Crippen LogP contribution in [0.3, 0.4) is 0 Å². The second-order valence-electron chi connectivity index (χ2n) is 3.51. The van der Waals surface area contributed by atoms with E-state index in [2.05, 4.69) is 22.2 Å². The first-order chi connectivity index (χ1) is 7.27. The van der Waals surface area contributed by atoms with Crippen LogP contribution < -0.4 is 0 Å². The second-order valence-corrected chi connectivity index (χ2v) is 3.51. The van der Waals surface area contributed by atoms with Crippen LogP contribution in [0.2, 0.25) is 0 Å². The summed E-state index contributed by atoms with van der Waals surface area (Å²) in [5, 5.41) is 8.26. The summed E-state index contributed by atoms with van der Waals surface area (Å²) in [6.45, 7) is 0. The van der Waals surface area contributed by atoms with Crippen molar-refractivity contribution in [3.63, 3.8) is 0 Å². The molecule has 0 saturated carbocycles. The van der Waals surface area contributed by atoms with Crippen LogP contribution in [-0.2, 0) is 0 Å². The van der Waals surface area contributed by atoms with Crippen molar-refractivity contribution in [2.24, 2.45) is 5.10 Å². The van der Waals surface area contributed by atoms with Crippen LogP contribution >= 0.6 is 0 Å². The average Bonchev–Trinajstić information content (AvgIpc) is 2.26. The topological polar surface area (TPSA) is 28.5 Å². The van der Waals surface area contributed by atoms with E-state index >= 15 is 0 Å². The lowest BCUT2D eigenvalue weighted by Crippen LogP contribution is -2.02. The first-order valence-electron chi connectivity index (χ1n) is 4.82. The maximum Gasteiger partial charge on any atom is 0.0908 e. The number of fused-ring (bicyclic) bond motifs is 1. The highest BCUT2D eigenvalue weighted by molar-refractivity contribution is 5.97. The van der Waals surface area contributed by atoms with Crippen LogP contribution in [0.1, 0.15) is 5.69 Å². The van der Waals surface area contributed by atoms with Gasteiger partial charge in [0.25, 0.3) is 0 Å². The molecule has 2 rings (SSSR count). The van der Waals surface area contributed by atoms with Gasteiger partial charge in [0.1, 0.15) is 0 Å². The second kappa shape index (κ2) is 4.09. The van der Waals surface area contributed by atoms with Crippen molar-refractivity contribution in [1.29, 1.82) is 0 Å². The van der Waals surface area contributed by atoms with Gasteiger partial charge >= 0.3 is 0 Å². The summed E-state index contributed by atoms with van der Waals surface area (Å²) < 4.78 is 0. The molecule has 2 aromatic rings. The number of hydrazone groups is 1. The van der Waals surface area contributed by atoms with Crippen LogP contribution in [0.5, 0.6) is 0 Å². The zero-order valence-electron chi connectivity index (χ0n) is 8.88. The predicted octanol–water partition coefficient (Wildman–Crippen LogP) is 2.13. The number of nitrogens with zero attached hydrogens (tertiary/aromatic N) is 3. The standard InChI is InChI=1S/C12H13N3/c1-15(2)14-9-12-11-6-4-3-5-10(11)7-8-13-12/h3-9H,1-2H3/b14-9+. The maximum atomic E-state index is 4.30. The molecule has 0 aliphatic heterocycles. The Balaban J connectivity index is 2.51. The summed E-state index contributed by atoms with van der Waals surface area (Å²) in [7, 11) is 3.78. The molecule has 0 amide bonds. The number of aromatic nitrogens is 1. The van der Waals surface area contributed by atoms with Gasteiger partial charge in [0, 0.05) is 25.7 Å². The lowest BCUT2D eigenvalue weighted by Gasteiger charge is -2.03. The van der Waals surface area contributed by atoms with Crippen LogP contribution in [0.25, 0.3) is 10.8 Å². The zero-order valence-corrected chi connectivity index (χ0v) is 8.88. The van der Waals surface area contributed by atoms with Gasteiger partial charge in [-0.1, -0.05) is 24.3 Å². The van der Waals surface area contributed by atoms with Crippen LogP contribution in [0.15, 0.2) is 41.6 Å². The Hall–Kier alpha value is -1.90. The highest BCUT2D eigenvalue weighted by Gasteiger charge is 1.97. The van der Waals surface area contributed by atoms with Crippen molar-refractivity contribution in [2.45, 2.75) is 0 Å². The largest absolute Gasteiger partial charge is 0.303 e. The molecule has 0 unspecified atom stereocenters. The van der Waals surface area contributed by atoms with Crippen molar-refractivity contribution in [1.82, 2.24) is 9.99 Å². The molecule has 3 nitrogen and oxygen atoms in total. The lowest BCUT2D eigenvalue weighted by molar-refractivity contribution is 0.440. The average molecular weight is 199 g/mol. The molecule has 0 aliphatic rings. The molecule has 15 heavy (non-hydrogen) atoms. The molecule has 0 saturated heterocycles. The van der Waals surface area contributed by atoms with Crippen LogP contribution in [0.4, 0.5) is 0 Å². The van der Waals surface area contributed by atoms with E-state index in [1.807, 2.05) is 32.3 Å². The molecule has 0 spiro atoms. The zero-order chi connectivity index (χ0) is 10.7. The van der Waals surface area contributed by atoms with Crippen molar-refractivity contribution < 1.29 is 0 Å². The Labute approximate surface area is 89.1 Å². The van der Waals surface area contributed by atoms with Gasteiger partial charge in [0.15, 0.2) is 0 Å². The first kappa shape index (κ1) is 9.65. The Bertz CT molecular complexity index is 484. The van der Waals surface area contributed by atoms with Gasteiger partial charge in [-0.2, -0.15) is 5.10 Å². The predicted molar refractivity (Wildman–Crippen MR) is 63.0 cm³/mol. The third-order valence-corrected chi connectivity index (χ3v) is 2.12. The summed E-state index contributed by atoms with van der Waals surface area (Å²) in [5.74, 6) is 0. The summed E-state index contributed by atoms with van der Waals surface area (Å²) in [4.78, 5) is 4.30. The fourth-order valence-corrected chi connectivity index (χ4v) is 1.42. The van der Waals surface area contributed by atoms with Gasteiger partial charge in [-0.15, -0.1) is 0 Å². The minimum Gasteiger partial charge on any atom is -0.303 e. The van der Waals surface area contributed by atoms with Gasteiger partial charge in [-0.25, -0.2) is 0 Å². The Kier molecular flexibility index (Phi) is 2.63. The highest BCUT2D eigenvalue weighted by Crippen LogP contribution is 2.14. The molecular weight excluding hydrogens is 186 g/mol. The third kappa shape index (κ3) is 2.13. The maximum absolute atomic E-state index is 4.30. The number of benzene rings is 1. The molecule has 0 N–H and O–H groups in total. The van der Waals surface area contributed by atoms with Crippen molar-refractivity contribution in [3.8, 4) is 0 Å². The molecule has 0 radical (unpaired) electrons. The van der Waals surface area contributed by atoms with E-state index in [1.165, 1.54) is 5.39 Å². The molecule has 3 heteroatoms. The molecule has 0 bridgehead atoms. The molecular formula is C12H13N3. The van der Waals surface area contributed by atoms with E-state index < -0.39 is 0 Å². The quantitative estimate of drug-likeness (QED) is 0.547. The van der Waals surface area contributed by atoms with Gasteiger partial charge in [0.05, 0.1) is 11.9 Å². The summed E-state index contributed by atoms with van der Waals surface area (Å²) in [5.41, 5.74) is 0.904. The van der Waals surface area contributed by atoms with E-state index in [9.17, 15) is 0 Å². The lowest BCUT2D eigenvalue weighted by atomic mass is 10.1. The fourth-order valence-electron chi connectivity index (χ4n) is 1.42. The highest BCUT2D eigenvalue weighted by atomic mass is 15.4. The minimum absolute atomic E-state index is 0.904. The molecule has 0 aliphatic carbocycles. The molecule has 1 aromatic carbocycles. The van der Waals surface area contributed by atoms with Crippen molar-refractivity contribution in [2.75, 3.05) is 14.1 Å². The number of hydrogen-bond donors (Lipinski definition) is 0. The van der Waals surface area contributed by atoms with E-state index in [-0.39, 0.29) is 0 Å². The van der Waals surface area contributed by atoms with Gasteiger partial charge in [-0.05, 0) is 11.5 Å². The van der Waals surface area contributed by atoms with Gasteiger partial charge < -0.3 is 5.01 Å². The van der Waals surface area contributed by atoms with Gasteiger partial charge in [0.2, 0.25) is 0 Å². The molecule has 0 fully saturated rings. The van der Waals surface area contributed by atoms with E-state index in [0.29, 0.717) is 0 Å². The molecule has 76 valence electrons. The number of hydrogen-bond acceptors (Lipinski definition) is 3. The van der Waals surface area contributed by atoms with Gasteiger partial charge in [-0.3, -0.25) is 4.98 Å². The Morgan fingerprint density at radius 2 is 2.00 bits per heavy atom. The minimum atomic E-state index is 0.904. The molecule has 1 aromatic heterocycles. The smallest absolute Gasteiger partial charge is 0.0908 e. The Morgan fingerprint density at radius 3 is 2.80 bits per heavy atom. The summed E-state index contributed by atoms with van der Waals surface area (Å²) in [6, 6.07) is 10.2. The number of rotatable bonds is 2. The Morgan fingerprint density at radius 1 is 1.20 bits per heavy atom. The molecule has 0 atom stereocenters. The summed E-state index contributed by atoms with van der Waals surface area (Å²) in [6.07, 6.45) is 3.58. The SMILES string of the molecule is CN(C)/N=C/c1nccc2ccccc12. The first-order valence-corrected chi connectivity index (χ1v) is 4.82. The van der Waals surface area contributed by atoms with Crippen LogP contribution in [0, 0.1) is 0 Å². The van der Waals surface area contributed by atoms with E-state index in [0.717, 1.165) is 11.1 Å². The third-order valence-electron chi connectivity index (χ3n) is 2.12. The number of pyridine rings is 1. The van der Waals surface area contributed by atoms with Crippen molar-refractivity contribution >= 4 is 17.0 Å². The van der Waals surface area contributed by atoms with E-state index in [4.69, 9.17) is 0 Å². The summed E-state index contributed by atoms with van der Waals surface area (Å²) >= 11 is 0. The molecule has 1 heterocycles. The normalized spacial score (nSPS) is 11.1. The van der Waals surface area contributed by atoms with Crippen molar-refractivity contribution in [3.05, 3.63) is 42.2 Å². The fraction of sp³-hybridized carbons (Fsp3) is 0.167.